The standard InChI is InChI=1S/C25H33N3O3/c1-18(2)23(26-24(29)19-11-13-21(31-4)14-12-19)25(30)27(3)17-20-9-5-6-10-22(20)28-15-7-8-16-28/h5-6,9-14,18,23H,7-8,15-17H2,1-4H3,(H,26,29). The summed E-state index contributed by atoms with van der Waals surface area (Å²) >= 11 is 0. The van der Waals surface area contributed by atoms with E-state index in [1.54, 1.807) is 43.3 Å². The summed E-state index contributed by atoms with van der Waals surface area (Å²) in [5.74, 6) is 0.295. The number of anilines is 1. The van der Waals surface area contributed by atoms with Gasteiger partial charge in [-0.1, -0.05) is 32.0 Å². The summed E-state index contributed by atoms with van der Waals surface area (Å²) < 4.78 is 5.15. The first-order valence-corrected chi connectivity index (χ1v) is 10.9. The maximum Gasteiger partial charge on any atom is 0.251 e. The number of nitrogens with zero attached hydrogens (tertiary/aromatic N) is 2. The molecule has 6 nitrogen and oxygen atoms in total. The number of benzene rings is 2. The second-order valence-corrected chi connectivity index (χ2v) is 8.44. The molecule has 2 aromatic carbocycles. The Morgan fingerprint density at radius 2 is 1.71 bits per heavy atom. The molecule has 2 amide bonds. The smallest absolute Gasteiger partial charge is 0.251 e. The van der Waals surface area contributed by atoms with Crippen molar-refractivity contribution in [2.24, 2.45) is 5.92 Å². The molecule has 0 radical (unpaired) electrons. The van der Waals surface area contributed by atoms with Crippen molar-refractivity contribution in [2.45, 2.75) is 39.3 Å². The van der Waals surface area contributed by atoms with Gasteiger partial charge in [-0.25, -0.2) is 0 Å². The maximum atomic E-state index is 13.3. The van der Waals surface area contributed by atoms with Gasteiger partial charge >= 0.3 is 0 Å². The zero-order valence-corrected chi connectivity index (χ0v) is 18.9. The molecule has 1 aliphatic heterocycles. The highest BCUT2D eigenvalue weighted by molar-refractivity contribution is 5.97. The molecule has 1 fully saturated rings. The van der Waals surface area contributed by atoms with Gasteiger partial charge in [0.1, 0.15) is 11.8 Å². The number of ether oxygens (including phenoxy) is 1. The number of likely N-dealkylation sites (N-methyl/N-ethyl adjacent to an activating group) is 1. The normalized spacial score (nSPS) is 14.4. The monoisotopic (exact) mass is 423 g/mol. The van der Waals surface area contributed by atoms with Gasteiger partial charge in [-0.15, -0.1) is 0 Å². The Labute approximate surface area is 185 Å². The lowest BCUT2D eigenvalue weighted by Crippen LogP contribution is -2.50. The van der Waals surface area contributed by atoms with Crippen molar-refractivity contribution >= 4 is 17.5 Å². The second kappa shape index (κ2) is 10.3. The lowest BCUT2D eigenvalue weighted by molar-refractivity contribution is -0.133. The molecular weight excluding hydrogens is 390 g/mol. The third-order valence-electron chi connectivity index (χ3n) is 5.79. The van der Waals surface area contributed by atoms with Crippen LogP contribution in [0.1, 0.15) is 42.6 Å². The van der Waals surface area contributed by atoms with Gasteiger partial charge in [0.2, 0.25) is 5.91 Å². The summed E-state index contributed by atoms with van der Waals surface area (Å²) in [6, 6.07) is 14.5. The van der Waals surface area contributed by atoms with Crippen molar-refractivity contribution in [2.75, 3.05) is 32.1 Å². The van der Waals surface area contributed by atoms with Crippen LogP contribution in [-0.2, 0) is 11.3 Å². The molecule has 0 saturated carbocycles. The Hall–Kier alpha value is -3.02. The minimum atomic E-state index is -0.599. The van der Waals surface area contributed by atoms with Crippen LogP contribution in [0.25, 0.3) is 0 Å². The van der Waals surface area contributed by atoms with Crippen LogP contribution in [0.4, 0.5) is 5.69 Å². The zero-order chi connectivity index (χ0) is 22.4. The predicted molar refractivity (Wildman–Crippen MR) is 123 cm³/mol. The minimum absolute atomic E-state index is 0.0361. The molecule has 1 unspecified atom stereocenters. The van der Waals surface area contributed by atoms with Crippen LogP contribution < -0.4 is 15.0 Å². The number of rotatable bonds is 8. The number of hydrogen-bond acceptors (Lipinski definition) is 4. The van der Waals surface area contributed by atoms with Crippen LogP contribution >= 0.6 is 0 Å². The van der Waals surface area contributed by atoms with E-state index in [1.807, 2.05) is 26.0 Å². The average molecular weight is 424 g/mol. The molecular formula is C25H33N3O3. The number of methoxy groups -OCH3 is 1. The van der Waals surface area contributed by atoms with Gasteiger partial charge in [0.05, 0.1) is 7.11 Å². The Morgan fingerprint density at radius 3 is 2.32 bits per heavy atom. The molecule has 166 valence electrons. The zero-order valence-electron chi connectivity index (χ0n) is 18.9. The summed E-state index contributed by atoms with van der Waals surface area (Å²) in [5, 5.41) is 2.93. The van der Waals surface area contributed by atoms with E-state index in [2.05, 4.69) is 22.3 Å². The fraction of sp³-hybridized carbons (Fsp3) is 0.440. The number of hydrogen-bond donors (Lipinski definition) is 1. The fourth-order valence-electron chi connectivity index (χ4n) is 3.96. The average Bonchev–Trinajstić information content (AvgIpc) is 3.31. The summed E-state index contributed by atoms with van der Waals surface area (Å²) in [4.78, 5) is 30.1. The highest BCUT2D eigenvalue weighted by atomic mass is 16.5. The van der Waals surface area contributed by atoms with Crippen LogP contribution in [0, 0.1) is 5.92 Å². The predicted octanol–water partition coefficient (Wildman–Crippen LogP) is 3.71. The van der Waals surface area contributed by atoms with Crippen LogP contribution in [0.3, 0.4) is 0 Å². The van der Waals surface area contributed by atoms with Crippen molar-refractivity contribution in [1.29, 1.82) is 0 Å². The van der Waals surface area contributed by atoms with Crippen LogP contribution in [0.2, 0.25) is 0 Å². The molecule has 0 aromatic heterocycles. The van der Waals surface area contributed by atoms with Gasteiger partial charge < -0.3 is 19.9 Å². The van der Waals surface area contributed by atoms with E-state index < -0.39 is 6.04 Å². The molecule has 6 heteroatoms. The Kier molecular flexibility index (Phi) is 7.55. The SMILES string of the molecule is COc1ccc(C(=O)NC(C(=O)N(C)Cc2ccccc2N2CCCC2)C(C)C)cc1. The van der Waals surface area contributed by atoms with Gasteiger partial charge in [0.25, 0.3) is 5.91 Å². The van der Waals surface area contributed by atoms with E-state index in [0.29, 0.717) is 17.9 Å². The molecule has 3 rings (SSSR count). The Balaban J connectivity index is 1.70. The largest absolute Gasteiger partial charge is 0.497 e. The summed E-state index contributed by atoms with van der Waals surface area (Å²) in [6.45, 7) is 6.52. The van der Waals surface area contributed by atoms with Crippen LogP contribution in [0.5, 0.6) is 5.75 Å². The minimum Gasteiger partial charge on any atom is -0.497 e. The fourth-order valence-corrected chi connectivity index (χ4v) is 3.96. The molecule has 1 N–H and O–H groups in total. The lowest BCUT2D eigenvalue weighted by Gasteiger charge is -2.29. The summed E-state index contributed by atoms with van der Waals surface area (Å²) in [6.07, 6.45) is 2.41. The summed E-state index contributed by atoms with van der Waals surface area (Å²) in [5.41, 5.74) is 2.83. The molecule has 1 aliphatic rings. The second-order valence-electron chi connectivity index (χ2n) is 8.44. The van der Waals surface area contributed by atoms with Gasteiger partial charge in [-0.3, -0.25) is 9.59 Å². The van der Waals surface area contributed by atoms with Crippen molar-refractivity contribution < 1.29 is 14.3 Å². The van der Waals surface area contributed by atoms with Gasteiger partial charge in [0, 0.05) is 37.9 Å². The molecule has 31 heavy (non-hydrogen) atoms. The quantitative estimate of drug-likeness (QED) is 0.703. The number of nitrogens with one attached hydrogen (secondary N) is 1. The molecule has 1 atom stereocenters. The molecule has 0 spiro atoms. The van der Waals surface area contributed by atoms with Gasteiger partial charge in [-0.2, -0.15) is 0 Å². The lowest BCUT2D eigenvalue weighted by atomic mass is 10.0. The number of para-hydroxylation sites is 1. The maximum absolute atomic E-state index is 13.3. The Bertz CT molecular complexity index is 889. The third-order valence-corrected chi connectivity index (χ3v) is 5.79. The van der Waals surface area contributed by atoms with E-state index in [-0.39, 0.29) is 17.7 Å². The van der Waals surface area contributed by atoms with Crippen molar-refractivity contribution in [1.82, 2.24) is 10.2 Å². The molecule has 2 aromatic rings. The van der Waals surface area contributed by atoms with E-state index >= 15 is 0 Å². The Morgan fingerprint density at radius 1 is 1.06 bits per heavy atom. The topological polar surface area (TPSA) is 61.9 Å². The van der Waals surface area contributed by atoms with Crippen molar-refractivity contribution in [3.05, 3.63) is 59.7 Å². The van der Waals surface area contributed by atoms with E-state index in [1.165, 1.54) is 18.5 Å². The first-order chi connectivity index (χ1) is 14.9. The van der Waals surface area contributed by atoms with Crippen LogP contribution in [-0.4, -0.2) is 50.0 Å². The van der Waals surface area contributed by atoms with E-state index in [0.717, 1.165) is 18.7 Å². The molecule has 0 bridgehead atoms. The van der Waals surface area contributed by atoms with Crippen LogP contribution in [0.15, 0.2) is 48.5 Å². The van der Waals surface area contributed by atoms with E-state index in [4.69, 9.17) is 4.74 Å². The highest BCUT2D eigenvalue weighted by Gasteiger charge is 2.28. The number of amides is 2. The first-order valence-electron chi connectivity index (χ1n) is 10.9. The third kappa shape index (κ3) is 5.57. The molecule has 1 heterocycles. The molecule has 1 saturated heterocycles. The van der Waals surface area contributed by atoms with Crippen molar-refractivity contribution in [3.63, 3.8) is 0 Å². The highest BCUT2D eigenvalue weighted by Crippen LogP contribution is 2.25. The molecule has 0 aliphatic carbocycles. The van der Waals surface area contributed by atoms with Gasteiger partial charge in [-0.05, 0) is 54.7 Å². The first kappa shape index (κ1) is 22.7. The number of carbonyl (C=O) groups excluding carboxylic acids is 2. The summed E-state index contributed by atoms with van der Waals surface area (Å²) in [7, 11) is 3.39. The van der Waals surface area contributed by atoms with E-state index in [9.17, 15) is 9.59 Å². The number of carbonyl (C=O) groups is 2. The van der Waals surface area contributed by atoms with Gasteiger partial charge in [0.15, 0.2) is 0 Å². The van der Waals surface area contributed by atoms with Crippen molar-refractivity contribution in [3.8, 4) is 5.75 Å².